The van der Waals surface area contributed by atoms with Crippen molar-refractivity contribution in [1.82, 2.24) is 0 Å². The molecular weight excluding hydrogens is 272 g/mol. The molecule has 104 valence electrons. The van der Waals surface area contributed by atoms with E-state index in [1.54, 1.807) is 18.9 Å². The first-order valence-electron chi connectivity index (χ1n) is 5.59. The average Bonchev–Trinajstić information content (AvgIpc) is 2.36. The smallest absolute Gasteiger partial charge is 0.310 e. The van der Waals surface area contributed by atoms with Crippen LogP contribution in [0.3, 0.4) is 0 Å². The number of rotatable bonds is 5. The fourth-order valence-corrected chi connectivity index (χ4v) is 1.91. The lowest BCUT2D eigenvalue weighted by atomic mass is 10.1. The van der Waals surface area contributed by atoms with E-state index in [1.165, 1.54) is 25.3 Å². The highest BCUT2D eigenvalue weighted by Crippen LogP contribution is 2.30. The first kappa shape index (κ1) is 15.2. The first-order chi connectivity index (χ1) is 8.86. The number of hydrogen-bond acceptors (Lipinski definition) is 5. The summed E-state index contributed by atoms with van der Waals surface area (Å²) in [5.41, 5.74) is 0.317. The highest BCUT2D eigenvalue weighted by molar-refractivity contribution is 6.31. The Balaban J connectivity index is 2.98. The summed E-state index contributed by atoms with van der Waals surface area (Å²) in [4.78, 5) is 23.4. The van der Waals surface area contributed by atoms with Gasteiger partial charge in [-0.1, -0.05) is 18.5 Å². The van der Waals surface area contributed by atoms with Gasteiger partial charge in [-0.05, 0) is 12.1 Å². The number of hydrogen-bond donors (Lipinski definition) is 0. The number of nitro benzene ring substituents is 1. The van der Waals surface area contributed by atoms with Crippen LogP contribution in [0.2, 0.25) is 5.02 Å². The molecule has 0 spiro atoms. The predicted octanol–water partition coefficient (Wildman–Crippen LogP) is 2.49. The molecule has 1 rings (SSSR count). The fourth-order valence-electron chi connectivity index (χ4n) is 1.74. The number of esters is 1. The Labute approximate surface area is 116 Å². The molecule has 0 radical (unpaired) electrons. The number of ether oxygens (including phenoxy) is 1. The highest BCUT2D eigenvalue weighted by atomic mass is 35.5. The van der Waals surface area contributed by atoms with Crippen LogP contribution in [-0.4, -0.2) is 31.6 Å². The van der Waals surface area contributed by atoms with Crippen LogP contribution in [0.25, 0.3) is 0 Å². The predicted molar refractivity (Wildman–Crippen MR) is 72.6 cm³/mol. The lowest BCUT2D eigenvalue weighted by Gasteiger charge is -2.22. The van der Waals surface area contributed by atoms with Gasteiger partial charge in [0.05, 0.1) is 18.0 Å². The Hall–Kier alpha value is -1.82. The summed E-state index contributed by atoms with van der Waals surface area (Å²) in [5, 5.41) is 11.4. The van der Waals surface area contributed by atoms with Crippen molar-refractivity contribution in [2.24, 2.45) is 5.92 Å². The molecule has 0 saturated heterocycles. The molecule has 0 bridgehead atoms. The van der Waals surface area contributed by atoms with Crippen LogP contribution in [0.4, 0.5) is 11.4 Å². The summed E-state index contributed by atoms with van der Waals surface area (Å²) in [6.45, 7) is 1.99. The van der Waals surface area contributed by atoms with Crippen molar-refractivity contribution in [1.29, 1.82) is 0 Å². The van der Waals surface area contributed by atoms with E-state index < -0.39 is 10.8 Å². The van der Waals surface area contributed by atoms with Gasteiger partial charge in [0.15, 0.2) is 0 Å². The van der Waals surface area contributed by atoms with Crippen molar-refractivity contribution in [3.05, 3.63) is 33.3 Å². The third kappa shape index (κ3) is 3.82. The zero-order valence-electron chi connectivity index (χ0n) is 10.9. The normalized spacial score (nSPS) is 11.8. The summed E-state index contributed by atoms with van der Waals surface area (Å²) >= 11 is 5.85. The van der Waals surface area contributed by atoms with Gasteiger partial charge < -0.3 is 9.64 Å². The van der Waals surface area contributed by atoms with Crippen LogP contribution in [0.1, 0.15) is 6.92 Å². The van der Waals surface area contributed by atoms with Crippen molar-refractivity contribution in [2.75, 3.05) is 25.6 Å². The molecule has 0 amide bonds. The first-order valence-corrected chi connectivity index (χ1v) is 5.97. The van der Waals surface area contributed by atoms with E-state index in [9.17, 15) is 14.9 Å². The van der Waals surface area contributed by atoms with E-state index >= 15 is 0 Å². The summed E-state index contributed by atoms with van der Waals surface area (Å²) in [7, 11) is 2.97. The maximum atomic E-state index is 11.4. The lowest BCUT2D eigenvalue weighted by Crippen LogP contribution is -2.29. The van der Waals surface area contributed by atoms with Gasteiger partial charge in [-0.15, -0.1) is 0 Å². The zero-order valence-corrected chi connectivity index (χ0v) is 11.7. The Morgan fingerprint density at radius 3 is 2.74 bits per heavy atom. The Bertz CT molecular complexity index is 493. The SMILES string of the molecule is COC(=O)C(C)CN(C)c1cc(Cl)ccc1[N+](=O)[O-]. The summed E-state index contributed by atoms with van der Waals surface area (Å²) in [5.74, 6) is -0.759. The lowest BCUT2D eigenvalue weighted by molar-refractivity contribution is -0.384. The van der Waals surface area contributed by atoms with Gasteiger partial charge in [0.25, 0.3) is 5.69 Å². The Morgan fingerprint density at radius 1 is 1.58 bits per heavy atom. The molecule has 1 aromatic carbocycles. The minimum Gasteiger partial charge on any atom is -0.469 e. The van der Waals surface area contributed by atoms with Crippen molar-refractivity contribution >= 4 is 28.9 Å². The van der Waals surface area contributed by atoms with E-state index in [-0.39, 0.29) is 11.7 Å². The number of nitrogens with zero attached hydrogens (tertiary/aromatic N) is 2. The van der Waals surface area contributed by atoms with Gasteiger partial charge in [-0.25, -0.2) is 0 Å². The van der Waals surface area contributed by atoms with Gasteiger partial charge in [-0.2, -0.15) is 0 Å². The third-order valence-electron chi connectivity index (χ3n) is 2.70. The van der Waals surface area contributed by atoms with Crippen LogP contribution in [0, 0.1) is 16.0 Å². The fraction of sp³-hybridized carbons (Fsp3) is 0.417. The van der Waals surface area contributed by atoms with Gasteiger partial charge in [0.2, 0.25) is 0 Å². The summed E-state index contributed by atoms with van der Waals surface area (Å²) in [6.07, 6.45) is 0. The molecule has 1 unspecified atom stereocenters. The Morgan fingerprint density at radius 2 is 2.21 bits per heavy atom. The Kier molecular flexibility index (Phi) is 5.11. The van der Waals surface area contributed by atoms with Gasteiger partial charge in [-0.3, -0.25) is 14.9 Å². The van der Waals surface area contributed by atoms with Crippen molar-refractivity contribution < 1.29 is 14.5 Å². The second kappa shape index (κ2) is 6.38. The average molecular weight is 287 g/mol. The van der Waals surface area contributed by atoms with Crippen molar-refractivity contribution in [2.45, 2.75) is 6.92 Å². The van der Waals surface area contributed by atoms with E-state index in [2.05, 4.69) is 4.74 Å². The minimum absolute atomic E-state index is 0.0519. The van der Waals surface area contributed by atoms with Crippen molar-refractivity contribution in [3.63, 3.8) is 0 Å². The maximum Gasteiger partial charge on any atom is 0.310 e. The van der Waals surface area contributed by atoms with Crippen LogP contribution < -0.4 is 4.90 Å². The number of benzene rings is 1. The monoisotopic (exact) mass is 286 g/mol. The summed E-state index contributed by atoms with van der Waals surface area (Å²) in [6, 6.07) is 4.31. The van der Waals surface area contributed by atoms with Crippen LogP contribution >= 0.6 is 11.6 Å². The third-order valence-corrected chi connectivity index (χ3v) is 2.93. The molecule has 0 aromatic heterocycles. The molecule has 1 atom stereocenters. The molecule has 0 aliphatic carbocycles. The molecule has 0 aliphatic rings. The molecule has 0 heterocycles. The molecule has 6 nitrogen and oxygen atoms in total. The quantitative estimate of drug-likeness (QED) is 0.472. The standard InChI is InChI=1S/C12H15ClN2O4/c1-8(12(16)19-3)7-14(2)11-6-9(13)4-5-10(11)15(17)18/h4-6,8H,7H2,1-3H3. The van der Waals surface area contributed by atoms with E-state index in [4.69, 9.17) is 11.6 Å². The largest absolute Gasteiger partial charge is 0.469 e. The number of nitro groups is 1. The number of carbonyl (C=O) groups excluding carboxylic acids is 1. The van der Waals surface area contributed by atoms with E-state index in [0.29, 0.717) is 17.3 Å². The molecular formula is C12H15ClN2O4. The van der Waals surface area contributed by atoms with Crippen molar-refractivity contribution in [3.8, 4) is 0 Å². The van der Waals surface area contributed by atoms with Gasteiger partial charge >= 0.3 is 5.97 Å². The number of halogens is 1. The van der Waals surface area contributed by atoms with Crippen LogP contribution in [-0.2, 0) is 9.53 Å². The molecule has 0 saturated carbocycles. The van der Waals surface area contributed by atoms with Crippen LogP contribution in [0.5, 0.6) is 0 Å². The second-order valence-corrected chi connectivity index (χ2v) is 4.63. The summed E-state index contributed by atoms with van der Waals surface area (Å²) < 4.78 is 4.62. The maximum absolute atomic E-state index is 11.4. The molecule has 0 fully saturated rings. The molecule has 1 aromatic rings. The molecule has 7 heteroatoms. The van der Waals surface area contributed by atoms with Gasteiger partial charge in [0.1, 0.15) is 5.69 Å². The second-order valence-electron chi connectivity index (χ2n) is 4.19. The van der Waals surface area contributed by atoms with Gasteiger partial charge in [0, 0.05) is 24.7 Å². The number of anilines is 1. The zero-order chi connectivity index (χ0) is 14.6. The van der Waals surface area contributed by atoms with E-state index in [0.717, 1.165) is 0 Å². The highest BCUT2D eigenvalue weighted by Gasteiger charge is 2.21. The minimum atomic E-state index is -0.481. The molecule has 19 heavy (non-hydrogen) atoms. The van der Waals surface area contributed by atoms with E-state index in [1.807, 2.05) is 0 Å². The molecule has 0 N–H and O–H groups in total. The number of carbonyl (C=O) groups is 1. The topological polar surface area (TPSA) is 72.7 Å². The molecule has 0 aliphatic heterocycles. The van der Waals surface area contributed by atoms with Crippen LogP contribution in [0.15, 0.2) is 18.2 Å². The number of methoxy groups -OCH3 is 1.